The number of amides is 2. The minimum atomic E-state index is -4.58. The lowest BCUT2D eigenvalue weighted by Crippen LogP contribution is -2.18. The first-order valence-electron chi connectivity index (χ1n) is 8.62. The van der Waals surface area contributed by atoms with Crippen LogP contribution >= 0.6 is 11.3 Å². The van der Waals surface area contributed by atoms with Gasteiger partial charge in [-0.2, -0.15) is 13.2 Å². The maximum absolute atomic E-state index is 13.0. The van der Waals surface area contributed by atoms with Crippen LogP contribution in [-0.2, 0) is 17.4 Å². The van der Waals surface area contributed by atoms with Gasteiger partial charge >= 0.3 is 6.18 Å². The zero-order valence-electron chi connectivity index (χ0n) is 15.6. The van der Waals surface area contributed by atoms with Crippen LogP contribution in [0.2, 0.25) is 0 Å². The average Bonchev–Trinajstić information content (AvgIpc) is 3.14. The van der Waals surface area contributed by atoms with Crippen LogP contribution in [0.25, 0.3) is 0 Å². The number of hydrogen-bond acceptors (Lipinski definition) is 5. The van der Waals surface area contributed by atoms with Gasteiger partial charge in [-0.25, -0.2) is 4.98 Å². The second-order valence-electron chi connectivity index (χ2n) is 6.09. The van der Waals surface area contributed by atoms with E-state index in [1.807, 2.05) is 0 Å². The number of nitrogens with one attached hydrogen (secondary N) is 2. The summed E-state index contributed by atoms with van der Waals surface area (Å²) in [6.07, 6.45) is -4.81. The van der Waals surface area contributed by atoms with Crippen LogP contribution in [0.5, 0.6) is 5.75 Å². The van der Waals surface area contributed by atoms with Crippen LogP contribution in [0.4, 0.5) is 24.0 Å². The van der Waals surface area contributed by atoms with Gasteiger partial charge in [0.25, 0.3) is 5.91 Å². The van der Waals surface area contributed by atoms with E-state index in [1.54, 1.807) is 29.6 Å². The lowest BCUT2D eigenvalue weighted by atomic mass is 10.1. The van der Waals surface area contributed by atoms with E-state index < -0.39 is 17.6 Å². The van der Waals surface area contributed by atoms with Crippen LogP contribution in [0.15, 0.2) is 53.9 Å². The SMILES string of the molecule is COc1ccc(C(=O)Nc2nc(CC(=O)Nc3ccccc3C(F)(F)F)cs2)cc1. The molecule has 0 radical (unpaired) electrons. The average molecular weight is 435 g/mol. The van der Waals surface area contributed by atoms with Crippen molar-refractivity contribution in [1.29, 1.82) is 0 Å². The smallest absolute Gasteiger partial charge is 0.418 e. The molecular formula is C20H16F3N3O3S. The molecule has 0 atom stereocenters. The molecule has 0 spiro atoms. The van der Waals surface area contributed by atoms with Crippen LogP contribution in [0.3, 0.4) is 0 Å². The summed E-state index contributed by atoms with van der Waals surface area (Å²) in [7, 11) is 1.52. The molecule has 2 amide bonds. The molecule has 0 unspecified atom stereocenters. The molecule has 0 aliphatic heterocycles. The van der Waals surface area contributed by atoms with Gasteiger partial charge in [0.1, 0.15) is 5.75 Å². The van der Waals surface area contributed by atoms with Gasteiger partial charge in [-0.05, 0) is 36.4 Å². The molecule has 3 aromatic rings. The highest BCUT2D eigenvalue weighted by Crippen LogP contribution is 2.34. The van der Waals surface area contributed by atoms with E-state index >= 15 is 0 Å². The summed E-state index contributed by atoms with van der Waals surface area (Å²) in [5.74, 6) is -0.423. The summed E-state index contributed by atoms with van der Waals surface area (Å²) in [6, 6.07) is 11.2. The fourth-order valence-electron chi connectivity index (χ4n) is 2.56. The Morgan fingerprint density at radius 2 is 1.77 bits per heavy atom. The van der Waals surface area contributed by atoms with E-state index in [2.05, 4.69) is 15.6 Å². The number of rotatable bonds is 6. The number of carbonyl (C=O) groups excluding carboxylic acids is 2. The van der Waals surface area contributed by atoms with Gasteiger partial charge in [-0.1, -0.05) is 12.1 Å². The molecule has 1 heterocycles. The molecule has 2 aromatic carbocycles. The summed E-state index contributed by atoms with van der Waals surface area (Å²) >= 11 is 1.11. The molecule has 3 rings (SSSR count). The van der Waals surface area contributed by atoms with Crippen molar-refractivity contribution in [2.45, 2.75) is 12.6 Å². The predicted molar refractivity (Wildman–Crippen MR) is 107 cm³/mol. The third-order valence-corrected chi connectivity index (χ3v) is 4.78. The molecule has 2 N–H and O–H groups in total. The number of thiazole rings is 1. The number of nitrogens with zero attached hydrogens (tertiary/aromatic N) is 1. The maximum atomic E-state index is 13.0. The van der Waals surface area contributed by atoms with Crippen molar-refractivity contribution < 1.29 is 27.5 Å². The maximum Gasteiger partial charge on any atom is 0.418 e. The minimum Gasteiger partial charge on any atom is -0.497 e. The highest BCUT2D eigenvalue weighted by Gasteiger charge is 2.33. The number of halogens is 3. The fourth-order valence-corrected chi connectivity index (χ4v) is 3.26. The third kappa shape index (κ3) is 5.35. The topological polar surface area (TPSA) is 80.3 Å². The summed E-state index contributed by atoms with van der Waals surface area (Å²) in [4.78, 5) is 28.5. The largest absolute Gasteiger partial charge is 0.497 e. The molecule has 0 saturated heterocycles. The molecule has 1 aromatic heterocycles. The lowest BCUT2D eigenvalue weighted by molar-refractivity contribution is -0.137. The number of anilines is 2. The number of alkyl halides is 3. The molecule has 0 saturated carbocycles. The van der Waals surface area contributed by atoms with Crippen molar-refractivity contribution in [2.75, 3.05) is 17.7 Å². The predicted octanol–water partition coefficient (Wildman–Crippen LogP) is 4.60. The third-order valence-electron chi connectivity index (χ3n) is 3.97. The Balaban J connectivity index is 1.61. The van der Waals surface area contributed by atoms with Gasteiger partial charge in [0.05, 0.1) is 30.5 Å². The first kappa shape index (κ1) is 21.3. The van der Waals surface area contributed by atoms with Gasteiger partial charge in [0.2, 0.25) is 5.91 Å². The van der Waals surface area contributed by atoms with Crippen LogP contribution in [-0.4, -0.2) is 23.9 Å². The van der Waals surface area contributed by atoms with Gasteiger partial charge in [0, 0.05) is 10.9 Å². The van der Waals surface area contributed by atoms with Crippen molar-refractivity contribution >= 4 is 34.0 Å². The Bertz CT molecular complexity index is 1050. The van der Waals surface area contributed by atoms with Gasteiger partial charge in [-0.3, -0.25) is 14.9 Å². The Hall–Kier alpha value is -3.40. The van der Waals surface area contributed by atoms with E-state index in [0.717, 1.165) is 17.4 Å². The van der Waals surface area contributed by atoms with Crippen LogP contribution < -0.4 is 15.4 Å². The van der Waals surface area contributed by atoms with Crippen LogP contribution in [0, 0.1) is 0 Å². The number of carbonyl (C=O) groups is 2. The number of aromatic nitrogens is 1. The summed E-state index contributed by atoms with van der Waals surface area (Å²) < 4.78 is 44.1. The Kier molecular flexibility index (Phi) is 6.36. The van der Waals surface area contributed by atoms with Crippen LogP contribution in [0.1, 0.15) is 21.6 Å². The quantitative estimate of drug-likeness (QED) is 0.593. The Morgan fingerprint density at radius 3 is 2.43 bits per heavy atom. The molecule has 0 aliphatic rings. The number of hydrogen-bond donors (Lipinski definition) is 2. The normalized spacial score (nSPS) is 11.1. The van der Waals surface area contributed by atoms with Gasteiger partial charge < -0.3 is 10.1 Å². The van der Waals surface area contributed by atoms with Crippen molar-refractivity contribution in [2.24, 2.45) is 0 Å². The van der Waals surface area contributed by atoms with Crippen molar-refractivity contribution in [3.63, 3.8) is 0 Å². The summed E-state index contributed by atoms with van der Waals surface area (Å²) in [5, 5.41) is 6.70. The van der Waals surface area contributed by atoms with Crippen molar-refractivity contribution in [3.05, 3.63) is 70.7 Å². The Labute approximate surface area is 173 Å². The molecule has 0 aliphatic carbocycles. The summed E-state index contributed by atoms with van der Waals surface area (Å²) in [6.45, 7) is 0. The highest BCUT2D eigenvalue weighted by atomic mass is 32.1. The molecule has 6 nitrogen and oxygen atoms in total. The van der Waals surface area contributed by atoms with E-state index in [4.69, 9.17) is 4.74 Å². The fraction of sp³-hybridized carbons (Fsp3) is 0.150. The number of ether oxygens (including phenoxy) is 1. The molecule has 30 heavy (non-hydrogen) atoms. The highest BCUT2D eigenvalue weighted by molar-refractivity contribution is 7.14. The molecule has 0 fully saturated rings. The van der Waals surface area contributed by atoms with E-state index in [0.29, 0.717) is 17.0 Å². The molecule has 0 bridgehead atoms. The number of para-hydroxylation sites is 1. The monoisotopic (exact) mass is 435 g/mol. The molecule has 156 valence electrons. The zero-order chi connectivity index (χ0) is 21.7. The first-order chi connectivity index (χ1) is 14.3. The van der Waals surface area contributed by atoms with Gasteiger partial charge in [-0.15, -0.1) is 11.3 Å². The molecular weight excluding hydrogens is 419 g/mol. The van der Waals surface area contributed by atoms with Crippen molar-refractivity contribution in [1.82, 2.24) is 4.98 Å². The number of methoxy groups -OCH3 is 1. The standard InChI is InChI=1S/C20H16F3N3O3S/c1-29-14-8-6-12(7-9-14)18(28)26-19-24-13(11-30-19)10-17(27)25-16-5-3-2-4-15(16)20(21,22)23/h2-9,11H,10H2,1H3,(H,25,27)(H,24,26,28). The zero-order valence-corrected chi connectivity index (χ0v) is 16.4. The first-order valence-corrected chi connectivity index (χ1v) is 9.50. The molecule has 10 heteroatoms. The van der Waals surface area contributed by atoms with E-state index in [1.165, 1.54) is 25.3 Å². The number of benzene rings is 2. The van der Waals surface area contributed by atoms with E-state index in [-0.39, 0.29) is 23.1 Å². The van der Waals surface area contributed by atoms with Crippen molar-refractivity contribution in [3.8, 4) is 5.75 Å². The lowest BCUT2D eigenvalue weighted by Gasteiger charge is -2.13. The second-order valence-corrected chi connectivity index (χ2v) is 6.95. The summed E-state index contributed by atoms with van der Waals surface area (Å²) in [5.41, 5.74) is -0.525. The Morgan fingerprint density at radius 1 is 1.07 bits per heavy atom. The van der Waals surface area contributed by atoms with E-state index in [9.17, 15) is 22.8 Å². The second kappa shape index (κ2) is 8.95. The minimum absolute atomic E-state index is 0.235. The van der Waals surface area contributed by atoms with Gasteiger partial charge in [0.15, 0.2) is 5.13 Å².